The van der Waals surface area contributed by atoms with Gasteiger partial charge in [-0.3, -0.25) is 4.79 Å². The van der Waals surface area contributed by atoms with Gasteiger partial charge in [0.2, 0.25) is 0 Å². The van der Waals surface area contributed by atoms with Crippen LogP contribution in [0.1, 0.15) is 24.0 Å². The molecule has 36 heavy (non-hydrogen) atoms. The Hall–Kier alpha value is -2.63. The van der Waals surface area contributed by atoms with Crippen molar-refractivity contribution in [2.45, 2.75) is 25.4 Å². The Labute approximate surface area is 222 Å². The molecule has 186 valence electrons. The fourth-order valence-electron chi connectivity index (χ4n) is 5.04. The van der Waals surface area contributed by atoms with Crippen LogP contribution in [0, 0.1) is 5.92 Å². The summed E-state index contributed by atoms with van der Waals surface area (Å²) < 4.78 is 5.59. The van der Waals surface area contributed by atoms with Gasteiger partial charge in [0.15, 0.2) is 0 Å². The number of benzene rings is 3. The second kappa shape index (κ2) is 11.2. The van der Waals surface area contributed by atoms with E-state index in [1.54, 1.807) is 13.2 Å². The molecule has 5 rings (SSSR count). The Morgan fingerprint density at radius 1 is 0.972 bits per heavy atom. The Morgan fingerprint density at radius 3 is 2.44 bits per heavy atom. The molecule has 0 bridgehead atoms. The van der Waals surface area contributed by atoms with Crippen molar-refractivity contribution in [2.75, 3.05) is 26.8 Å². The molecule has 1 amide bonds. The van der Waals surface area contributed by atoms with Gasteiger partial charge in [-0.15, -0.1) is 0 Å². The second-order valence-electron chi connectivity index (χ2n) is 9.50. The molecule has 1 aliphatic heterocycles. The van der Waals surface area contributed by atoms with Crippen LogP contribution in [0.2, 0.25) is 10.0 Å². The lowest BCUT2D eigenvalue weighted by Crippen LogP contribution is -2.42. The van der Waals surface area contributed by atoms with Gasteiger partial charge in [0.25, 0.3) is 5.91 Å². The van der Waals surface area contributed by atoms with Crippen LogP contribution in [0.25, 0.3) is 16.7 Å². The van der Waals surface area contributed by atoms with E-state index < -0.39 is 0 Å². The van der Waals surface area contributed by atoms with Crippen LogP contribution in [0.15, 0.2) is 78.4 Å². The van der Waals surface area contributed by atoms with Crippen molar-refractivity contribution in [3.63, 3.8) is 0 Å². The van der Waals surface area contributed by atoms with Crippen molar-refractivity contribution < 1.29 is 9.53 Å². The molecule has 0 radical (unpaired) electrons. The number of halogens is 2. The summed E-state index contributed by atoms with van der Waals surface area (Å²) in [7, 11) is 1.71. The maximum absolute atomic E-state index is 14.2. The number of carbonyl (C=O) groups is 1. The van der Waals surface area contributed by atoms with Gasteiger partial charge in [-0.05, 0) is 52.8 Å². The molecule has 6 heteroatoms. The smallest absolute Gasteiger partial charge is 0.251 e. The quantitative estimate of drug-likeness (QED) is 0.370. The normalized spacial score (nSPS) is 17.8. The zero-order valence-corrected chi connectivity index (χ0v) is 21.9. The van der Waals surface area contributed by atoms with Gasteiger partial charge in [-0.2, -0.15) is 0 Å². The molecule has 1 saturated carbocycles. The van der Waals surface area contributed by atoms with Crippen molar-refractivity contribution in [2.24, 2.45) is 5.92 Å². The zero-order chi connectivity index (χ0) is 25.1. The summed E-state index contributed by atoms with van der Waals surface area (Å²) in [4.78, 5) is 16.2. The summed E-state index contributed by atoms with van der Waals surface area (Å²) in [6.07, 6.45) is 2.01. The number of methoxy groups -OCH3 is 1. The number of hydrogen-bond donors (Lipinski definition) is 1. The lowest BCUT2D eigenvalue weighted by molar-refractivity contribution is -0.128. The summed E-state index contributed by atoms with van der Waals surface area (Å²) in [5.41, 5.74) is 6.10. The van der Waals surface area contributed by atoms with Gasteiger partial charge >= 0.3 is 0 Å². The molecule has 1 heterocycles. The van der Waals surface area contributed by atoms with Gasteiger partial charge in [0, 0.05) is 44.3 Å². The van der Waals surface area contributed by atoms with Gasteiger partial charge in [0.1, 0.15) is 0 Å². The molecule has 1 aliphatic carbocycles. The Kier molecular flexibility index (Phi) is 7.78. The average molecular weight is 521 g/mol. The third-order valence-corrected chi connectivity index (χ3v) is 7.81. The van der Waals surface area contributed by atoms with Crippen LogP contribution < -0.4 is 5.32 Å². The molecule has 1 N–H and O–H groups in total. The topological polar surface area (TPSA) is 41.6 Å². The first-order chi connectivity index (χ1) is 17.6. The molecule has 2 aliphatic rings. The maximum Gasteiger partial charge on any atom is 0.251 e. The average Bonchev–Trinajstić information content (AvgIpc) is 3.75. The number of hydrogen-bond acceptors (Lipinski definition) is 3. The highest BCUT2D eigenvalue weighted by molar-refractivity contribution is 6.42. The van der Waals surface area contributed by atoms with Crippen LogP contribution in [0.4, 0.5) is 0 Å². The fourth-order valence-corrected chi connectivity index (χ4v) is 5.42. The minimum absolute atomic E-state index is 0.0574. The third-order valence-electron chi connectivity index (χ3n) is 6.95. The molecule has 4 nitrogen and oxygen atoms in total. The predicted octanol–water partition coefficient (Wildman–Crippen LogP) is 6.47. The molecule has 3 aromatic rings. The Bertz CT molecular complexity index is 1270. The maximum atomic E-state index is 14.2. The molecule has 1 unspecified atom stereocenters. The number of nitrogens with one attached hydrogen (secondary N) is 1. The summed E-state index contributed by atoms with van der Waals surface area (Å²) in [5, 5.41) is 4.49. The number of rotatable bonds is 8. The molecule has 0 saturated heterocycles. The molecule has 0 spiro atoms. The zero-order valence-electron chi connectivity index (χ0n) is 20.3. The summed E-state index contributed by atoms with van der Waals surface area (Å²) >= 11 is 12.8. The van der Waals surface area contributed by atoms with Crippen molar-refractivity contribution in [1.29, 1.82) is 0 Å². The SMILES string of the molecule is COCC1CNCC(C(=O)N(Cc2cccc(Cl)c2Cl)C2CC2)=C1c1cccc(-c2ccccc2)c1. The van der Waals surface area contributed by atoms with Gasteiger partial charge in [0.05, 0.1) is 16.7 Å². The number of amides is 1. The standard InChI is InChI=1S/C30H30Cl2N2O2/c1-36-19-24-16-33-17-26(28(24)22-10-5-9-21(15-22)20-7-3-2-4-8-20)30(35)34(25-13-14-25)18-23-11-6-12-27(31)29(23)32/h2-12,15,24-25,33H,13-14,16-19H2,1H3. The highest BCUT2D eigenvalue weighted by atomic mass is 35.5. The Morgan fingerprint density at radius 2 is 1.69 bits per heavy atom. The van der Waals surface area contributed by atoms with Crippen LogP contribution in [0.5, 0.6) is 0 Å². The summed E-state index contributed by atoms with van der Waals surface area (Å²) in [6, 6.07) is 24.7. The predicted molar refractivity (Wildman–Crippen MR) is 147 cm³/mol. The van der Waals surface area contributed by atoms with E-state index in [1.165, 1.54) is 0 Å². The lowest BCUT2D eigenvalue weighted by atomic mass is 9.84. The van der Waals surface area contributed by atoms with E-state index in [0.29, 0.717) is 29.7 Å². The van der Waals surface area contributed by atoms with E-state index in [2.05, 4.69) is 41.7 Å². The van der Waals surface area contributed by atoms with Crippen LogP contribution in [-0.4, -0.2) is 43.7 Å². The van der Waals surface area contributed by atoms with Gasteiger partial charge in [-0.1, -0.05) is 83.9 Å². The minimum Gasteiger partial charge on any atom is -0.384 e. The van der Waals surface area contributed by atoms with Crippen molar-refractivity contribution in [3.05, 3.63) is 99.5 Å². The minimum atomic E-state index is 0.0574. The molecular weight excluding hydrogens is 491 g/mol. The number of nitrogens with zero attached hydrogens (tertiary/aromatic N) is 1. The van der Waals surface area contributed by atoms with Gasteiger partial charge < -0.3 is 15.0 Å². The second-order valence-corrected chi connectivity index (χ2v) is 10.3. The third kappa shape index (κ3) is 5.37. The van der Waals surface area contributed by atoms with E-state index in [9.17, 15) is 4.79 Å². The van der Waals surface area contributed by atoms with Crippen LogP contribution in [0.3, 0.4) is 0 Å². The van der Waals surface area contributed by atoms with Crippen molar-refractivity contribution in [1.82, 2.24) is 10.2 Å². The monoisotopic (exact) mass is 520 g/mol. The van der Waals surface area contributed by atoms with E-state index in [0.717, 1.165) is 52.8 Å². The Balaban J connectivity index is 1.56. The molecule has 3 aromatic carbocycles. The first-order valence-electron chi connectivity index (χ1n) is 12.4. The first-order valence-corrected chi connectivity index (χ1v) is 13.1. The molecule has 1 fully saturated rings. The number of ether oxygens (including phenoxy) is 1. The molecular formula is C30H30Cl2N2O2. The summed E-state index contributed by atoms with van der Waals surface area (Å²) in [6.45, 7) is 2.27. The van der Waals surface area contributed by atoms with E-state index in [4.69, 9.17) is 27.9 Å². The van der Waals surface area contributed by atoms with E-state index in [1.807, 2.05) is 35.2 Å². The highest BCUT2D eigenvalue weighted by Crippen LogP contribution is 2.37. The largest absolute Gasteiger partial charge is 0.384 e. The molecule has 1 atom stereocenters. The number of carbonyl (C=O) groups excluding carboxylic acids is 1. The lowest BCUT2D eigenvalue weighted by Gasteiger charge is -2.32. The van der Waals surface area contributed by atoms with Crippen LogP contribution in [-0.2, 0) is 16.1 Å². The van der Waals surface area contributed by atoms with Crippen LogP contribution >= 0.6 is 23.2 Å². The van der Waals surface area contributed by atoms with E-state index in [-0.39, 0.29) is 17.9 Å². The highest BCUT2D eigenvalue weighted by Gasteiger charge is 2.37. The van der Waals surface area contributed by atoms with E-state index >= 15 is 0 Å². The summed E-state index contributed by atoms with van der Waals surface area (Å²) in [5.74, 6) is 0.131. The molecule has 0 aromatic heterocycles. The first kappa shape index (κ1) is 25.0. The van der Waals surface area contributed by atoms with Crippen molar-refractivity contribution >= 4 is 34.7 Å². The van der Waals surface area contributed by atoms with Gasteiger partial charge in [-0.25, -0.2) is 0 Å². The fraction of sp³-hybridized carbons (Fsp3) is 0.300. The van der Waals surface area contributed by atoms with Crippen molar-refractivity contribution in [3.8, 4) is 11.1 Å².